The number of benzene rings is 10. The number of nitrogens with zero attached hydrogens (tertiary/aromatic N) is 3. The van der Waals surface area contributed by atoms with Gasteiger partial charge >= 0.3 is 0 Å². The van der Waals surface area contributed by atoms with Gasteiger partial charge < -0.3 is 14.7 Å². The molecule has 0 N–H and O–H groups in total. The lowest BCUT2D eigenvalue weighted by atomic mass is 10.0. The third-order valence-corrected chi connectivity index (χ3v) is 11.2. The van der Waals surface area contributed by atoms with E-state index < -0.39 is 0 Å². The SMILES string of the molecule is c1ccc(N(c2ccccc2)c2ccc(-c3ccc(N(c4ccc(-c5ccc(N(c6ccccc6)c6ccccc6)cc5)cc4)c4ccc5ccccc5c4)cc3)cc2)cc1. The largest absolute Gasteiger partial charge is 0.311 e. The molecule has 10 rings (SSSR count). The van der Waals surface area contributed by atoms with Crippen molar-refractivity contribution >= 4 is 62.0 Å². The third kappa shape index (κ3) is 7.89. The van der Waals surface area contributed by atoms with Gasteiger partial charge in [-0.15, -0.1) is 0 Å². The first-order valence-corrected chi connectivity index (χ1v) is 20.8. The summed E-state index contributed by atoms with van der Waals surface area (Å²) in [4.78, 5) is 6.93. The first kappa shape index (κ1) is 37.2. The van der Waals surface area contributed by atoms with Crippen LogP contribution in [0, 0.1) is 0 Å². The number of rotatable bonds is 11. The third-order valence-electron chi connectivity index (χ3n) is 11.2. The molecule has 3 heteroatoms. The Kier molecular flexibility index (Phi) is 10.3. The second kappa shape index (κ2) is 17.0. The molecular weight excluding hydrogens is 739 g/mol. The molecule has 0 heterocycles. The predicted molar refractivity (Wildman–Crippen MR) is 259 cm³/mol. The molecule has 0 radical (unpaired) electrons. The zero-order valence-corrected chi connectivity index (χ0v) is 33.7. The fraction of sp³-hybridized carbons (Fsp3) is 0. The second-order valence-corrected chi connectivity index (χ2v) is 15.1. The van der Waals surface area contributed by atoms with Crippen LogP contribution in [-0.2, 0) is 0 Å². The van der Waals surface area contributed by atoms with Crippen LogP contribution in [0.1, 0.15) is 0 Å². The molecule has 3 nitrogen and oxygen atoms in total. The zero-order valence-electron chi connectivity index (χ0n) is 33.7. The predicted octanol–water partition coefficient (Wildman–Crippen LogP) is 16.6. The molecule has 10 aromatic rings. The summed E-state index contributed by atoms with van der Waals surface area (Å²) < 4.78 is 0. The van der Waals surface area contributed by atoms with Crippen LogP contribution in [0.3, 0.4) is 0 Å². The van der Waals surface area contributed by atoms with E-state index in [1.54, 1.807) is 0 Å². The van der Waals surface area contributed by atoms with Gasteiger partial charge in [0.05, 0.1) is 0 Å². The molecule has 290 valence electrons. The Morgan fingerprint density at radius 3 is 0.705 bits per heavy atom. The molecule has 0 bridgehead atoms. The van der Waals surface area contributed by atoms with Crippen LogP contribution < -0.4 is 14.7 Å². The maximum atomic E-state index is 2.35. The van der Waals surface area contributed by atoms with E-state index in [0.717, 1.165) is 62.3 Å². The van der Waals surface area contributed by atoms with Crippen LogP contribution >= 0.6 is 0 Å². The number of hydrogen-bond acceptors (Lipinski definition) is 3. The Bertz CT molecular complexity index is 2720. The molecule has 0 aliphatic carbocycles. The van der Waals surface area contributed by atoms with Gasteiger partial charge in [0, 0.05) is 51.2 Å². The highest BCUT2D eigenvalue weighted by atomic mass is 15.2. The smallest absolute Gasteiger partial charge is 0.0468 e. The lowest BCUT2D eigenvalue weighted by Crippen LogP contribution is -2.10. The fourth-order valence-electron chi connectivity index (χ4n) is 8.18. The molecule has 10 aromatic carbocycles. The first-order valence-electron chi connectivity index (χ1n) is 20.8. The fourth-order valence-corrected chi connectivity index (χ4v) is 8.18. The highest BCUT2D eigenvalue weighted by molar-refractivity contribution is 5.90. The molecule has 0 saturated carbocycles. The topological polar surface area (TPSA) is 9.72 Å². The molecular formula is C58H43N3. The summed E-state index contributed by atoms with van der Waals surface area (Å²) >= 11 is 0. The second-order valence-electron chi connectivity index (χ2n) is 15.1. The quantitative estimate of drug-likeness (QED) is 0.129. The highest BCUT2D eigenvalue weighted by Gasteiger charge is 2.16. The Labute approximate surface area is 358 Å². The molecule has 0 aliphatic rings. The van der Waals surface area contributed by atoms with E-state index in [1.807, 2.05) is 0 Å². The van der Waals surface area contributed by atoms with Crippen molar-refractivity contribution in [3.8, 4) is 22.3 Å². The molecule has 0 spiro atoms. The van der Waals surface area contributed by atoms with Crippen molar-refractivity contribution in [2.24, 2.45) is 0 Å². The lowest BCUT2D eigenvalue weighted by Gasteiger charge is -2.27. The normalized spacial score (nSPS) is 11.0. The van der Waals surface area contributed by atoms with Crippen LogP contribution in [0.25, 0.3) is 33.0 Å². The zero-order chi connectivity index (χ0) is 40.8. The summed E-state index contributed by atoms with van der Waals surface area (Å²) in [5.41, 5.74) is 14.7. The lowest BCUT2D eigenvalue weighted by molar-refractivity contribution is 1.28. The van der Waals surface area contributed by atoms with Crippen LogP contribution in [-0.4, -0.2) is 0 Å². The summed E-state index contributed by atoms with van der Waals surface area (Å²) in [7, 11) is 0. The Morgan fingerprint density at radius 2 is 0.393 bits per heavy atom. The van der Waals surface area contributed by atoms with Crippen molar-refractivity contribution in [3.05, 3.63) is 261 Å². The van der Waals surface area contributed by atoms with E-state index in [9.17, 15) is 0 Å². The van der Waals surface area contributed by atoms with Gasteiger partial charge in [-0.3, -0.25) is 0 Å². The Balaban J connectivity index is 0.949. The molecule has 0 aliphatic heterocycles. The molecule has 0 saturated heterocycles. The summed E-state index contributed by atoms with van der Waals surface area (Å²) in [6.07, 6.45) is 0. The van der Waals surface area contributed by atoms with E-state index >= 15 is 0 Å². The summed E-state index contributed by atoms with van der Waals surface area (Å²) in [5, 5.41) is 2.43. The number of anilines is 9. The number of fused-ring (bicyclic) bond motifs is 1. The Hall–Kier alpha value is -8.14. The van der Waals surface area contributed by atoms with E-state index in [1.165, 1.54) is 21.9 Å². The van der Waals surface area contributed by atoms with Crippen molar-refractivity contribution in [1.29, 1.82) is 0 Å². The number of para-hydroxylation sites is 4. The van der Waals surface area contributed by atoms with Crippen LogP contribution in [0.2, 0.25) is 0 Å². The van der Waals surface area contributed by atoms with E-state index in [2.05, 4.69) is 276 Å². The highest BCUT2D eigenvalue weighted by Crippen LogP contribution is 2.40. The minimum absolute atomic E-state index is 1.09. The van der Waals surface area contributed by atoms with Gasteiger partial charge in [0.2, 0.25) is 0 Å². The van der Waals surface area contributed by atoms with E-state index in [-0.39, 0.29) is 0 Å². The van der Waals surface area contributed by atoms with Gasteiger partial charge in [-0.25, -0.2) is 0 Å². The number of hydrogen-bond donors (Lipinski definition) is 0. The van der Waals surface area contributed by atoms with Crippen molar-refractivity contribution in [1.82, 2.24) is 0 Å². The first-order chi connectivity index (χ1) is 30.2. The molecule has 0 aromatic heterocycles. The molecule has 61 heavy (non-hydrogen) atoms. The summed E-state index contributed by atoms with van der Waals surface area (Å²) in [6, 6.07) is 93.0. The molecule has 0 amide bonds. The van der Waals surface area contributed by atoms with Gasteiger partial charge in [0.15, 0.2) is 0 Å². The van der Waals surface area contributed by atoms with Gasteiger partial charge in [-0.2, -0.15) is 0 Å². The van der Waals surface area contributed by atoms with E-state index in [4.69, 9.17) is 0 Å². The molecule has 0 atom stereocenters. The van der Waals surface area contributed by atoms with Crippen LogP contribution in [0.5, 0.6) is 0 Å². The summed E-state index contributed by atoms with van der Waals surface area (Å²) in [6.45, 7) is 0. The van der Waals surface area contributed by atoms with Crippen molar-refractivity contribution in [2.45, 2.75) is 0 Å². The van der Waals surface area contributed by atoms with Gasteiger partial charge in [0.1, 0.15) is 0 Å². The maximum Gasteiger partial charge on any atom is 0.0468 e. The molecule has 0 unspecified atom stereocenters. The standard InChI is InChI=1S/C58H43N3/c1-5-17-50(18-6-1)59(51-19-7-2-8-20-51)54-34-25-45(26-35-54)47-29-38-56(39-30-47)61(58-42-33-44-15-13-14-16-49(44)43-58)57-40-31-48(32-41-57)46-27-36-55(37-28-46)60(52-21-9-3-10-22-52)53-23-11-4-12-24-53/h1-43H. The monoisotopic (exact) mass is 781 g/mol. The van der Waals surface area contributed by atoms with Crippen molar-refractivity contribution in [2.75, 3.05) is 14.7 Å². The van der Waals surface area contributed by atoms with Crippen LogP contribution in [0.15, 0.2) is 261 Å². The minimum atomic E-state index is 1.09. The average Bonchev–Trinajstić information content (AvgIpc) is 3.34. The summed E-state index contributed by atoms with van der Waals surface area (Å²) in [5.74, 6) is 0. The molecule has 0 fully saturated rings. The minimum Gasteiger partial charge on any atom is -0.311 e. The van der Waals surface area contributed by atoms with Crippen molar-refractivity contribution < 1.29 is 0 Å². The van der Waals surface area contributed by atoms with E-state index in [0.29, 0.717) is 0 Å². The maximum absolute atomic E-state index is 2.35. The van der Waals surface area contributed by atoms with Gasteiger partial charge in [0.25, 0.3) is 0 Å². The van der Waals surface area contributed by atoms with Gasteiger partial charge in [-0.05, 0) is 142 Å². The van der Waals surface area contributed by atoms with Crippen molar-refractivity contribution in [3.63, 3.8) is 0 Å². The average molecular weight is 782 g/mol. The van der Waals surface area contributed by atoms with Crippen LogP contribution in [0.4, 0.5) is 51.2 Å². The Morgan fingerprint density at radius 1 is 0.164 bits per heavy atom. The van der Waals surface area contributed by atoms with Gasteiger partial charge in [-0.1, -0.05) is 152 Å².